The number of aliphatic imine (C=N–C) groups is 2. The van der Waals surface area contributed by atoms with Crippen molar-refractivity contribution in [2.45, 2.75) is 44.8 Å². The van der Waals surface area contributed by atoms with Gasteiger partial charge in [-0.1, -0.05) is 6.92 Å². The number of hydrogen-bond acceptors (Lipinski definition) is 6. The monoisotopic (exact) mass is 409 g/mol. The Labute approximate surface area is 180 Å². The molecule has 6 heteroatoms. The third-order valence-electron chi connectivity index (χ3n) is 7.24. The van der Waals surface area contributed by atoms with E-state index < -0.39 is 0 Å². The molecule has 5 rings (SSSR count). The van der Waals surface area contributed by atoms with Crippen LogP contribution in [0.5, 0.6) is 0 Å². The number of benzene rings is 1. The predicted octanol–water partition coefficient (Wildman–Crippen LogP) is 3.50. The van der Waals surface area contributed by atoms with Crippen LogP contribution in [0.2, 0.25) is 0 Å². The highest BCUT2D eigenvalue weighted by molar-refractivity contribution is 6.00. The Morgan fingerprint density at radius 1 is 1.13 bits per heavy atom. The molecule has 30 heavy (non-hydrogen) atoms. The number of nitrogens with zero attached hydrogens (tertiary/aromatic N) is 4. The summed E-state index contributed by atoms with van der Waals surface area (Å²) in [5, 5.41) is 3.44. The maximum absolute atomic E-state index is 5.84. The maximum atomic E-state index is 5.84. The summed E-state index contributed by atoms with van der Waals surface area (Å²) in [4.78, 5) is 14.4. The molecule has 5 atom stereocenters. The van der Waals surface area contributed by atoms with Gasteiger partial charge in [0.15, 0.2) is 0 Å². The van der Waals surface area contributed by atoms with Crippen LogP contribution < -0.4 is 10.2 Å². The number of guanidine groups is 1. The zero-order valence-electron chi connectivity index (χ0n) is 18.3. The summed E-state index contributed by atoms with van der Waals surface area (Å²) < 4.78 is 5.84. The van der Waals surface area contributed by atoms with Crippen LogP contribution in [0.4, 0.5) is 11.4 Å². The topological polar surface area (TPSA) is 52.5 Å². The van der Waals surface area contributed by atoms with Gasteiger partial charge in [0.25, 0.3) is 0 Å². The molecule has 3 fully saturated rings. The lowest BCUT2D eigenvalue weighted by Crippen LogP contribution is -2.44. The van der Waals surface area contributed by atoms with Crippen LogP contribution in [0.3, 0.4) is 0 Å². The summed E-state index contributed by atoms with van der Waals surface area (Å²) >= 11 is 0. The molecule has 5 unspecified atom stereocenters. The third-order valence-corrected chi connectivity index (χ3v) is 7.24. The van der Waals surface area contributed by atoms with Gasteiger partial charge in [-0.05, 0) is 68.8 Å². The number of piperazine rings is 1. The molecule has 1 N–H and O–H groups in total. The van der Waals surface area contributed by atoms with Crippen LogP contribution in [-0.4, -0.2) is 69.1 Å². The van der Waals surface area contributed by atoms with Crippen molar-refractivity contribution in [3.63, 3.8) is 0 Å². The highest BCUT2D eigenvalue weighted by Gasteiger charge is 2.46. The molecule has 0 aromatic heterocycles. The highest BCUT2D eigenvalue weighted by Crippen LogP contribution is 2.48. The standard InChI is InChI=1S/C24H35N5O/c1-17-16-25-24(27-23(17)22-15-18(22)14-21-4-3-13-30-21)26-19-5-7-20(8-6-19)29-11-9-28(2)10-12-29/h5-8,16-18,21-23H,3-4,9-15H2,1-2H3,(H,26,27). The summed E-state index contributed by atoms with van der Waals surface area (Å²) in [5.74, 6) is 2.63. The molecule has 162 valence electrons. The summed E-state index contributed by atoms with van der Waals surface area (Å²) in [6.07, 6.45) is 7.56. The second kappa shape index (κ2) is 8.67. The molecule has 0 bridgehead atoms. The smallest absolute Gasteiger partial charge is 0.222 e. The van der Waals surface area contributed by atoms with Crippen molar-refractivity contribution in [3.05, 3.63) is 24.3 Å². The van der Waals surface area contributed by atoms with Gasteiger partial charge in [0.1, 0.15) is 0 Å². The van der Waals surface area contributed by atoms with Crippen molar-refractivity contribution >= 4 is 23.5 Å². The van der Waals surface area contributed by atoms with E-state index in [0.29, 0.717) is 24.0 Å². The number of likely N-dealkylation sites (N-methyl/N-ethyl adjacent to an activating group) is 1. The first-order chi connectivity index (χ1) is 14.7. The van der Waals surface area contributed by atoms with E-state index in [1.807, 2.05) is 0 Å². The Hall–Kier alpha value is -1.92. The normalized spacial score (nSPS) is 34.1. The lowest BCUT2D eigenvalue weighted by Gasteiger charge is -2.34. The van der Waals surface area contributed by atoms with Gasteiger partial charge in [0, 0.05) is 56.3 Å². The number of ether oxygens (including phenoxy) is 1. The largest absolute Gasteiger partial charge is 0.378 e. The molecule has 4 aliphatic rings. The first-order valence-corrected chi connectivity index (χ1v) is 11.7. The van der Waals surface area contributed by atoms with E-state index >= 15 is 0 Å². The molecule has 2 saturated heterocycles. The maximum Gasteiger partial charge on any atom is 0.222 e. The SMILES string of the molecule is CC1C=NC(Nc2ccc(N3CCN(C)CC3)cc2)=NC1C1CC1CC1CCCO1. The fourth-order valence-corrected chi connectivity index (χ4v) is 5.20. The molecule has 6 nitrogen and oxygen atoms in total. The zero-order valence-corrected chi connectivity index (χ0v) is 18.3. The fraction of sp³-hybridized carbons (Fsp3) is 0.667. The number of nitrogens with one attached hydrogen (secondary N) is 1. The molecule has 3 aliphatic heterocycles. The van der Waals surface area contributed by atoms with E-state index in [2.05, 4.69) is 64.6 Å². The van der Waals surface area contributed by atoms with Gasteiger partial charge in [0.05, 0.1) is 12.1 Å². The average molecular weight is 410 g/mol. The van der Waals surface area contributed by atoms with Crippen LogP contribution in [0.1, 0.15) is 32.6 Å². The van der Waals surface area contributed by atoms with E-state index in [1.165, 1.54) is 31.4 Å². The van der Waals surface area contributed by atoms with E-state index in [0.717, 1.165) is 50.4 Å². The number of rotatable bonds is 5. The fourth-order valence-electron chi connectivity index (χ4n) is 5.20. The molecule has 0 spiro atoms. The van der Waals surface area contributed by atoms with E-state index in [-0.39, 0.29) is 0 Å². The van der Waals surface area contributed by atoms with Gasteiger partial charge < -0.3 is 19.9 Å². The lowest BCUT2D eigenvalue weighted by atomic mass is 9.95. The van der Waals surface area contributed by atoms with Crippen LogP contribution in [-0.2, 0) is 4.74 Å². The van der Waals surface area contributed by atoms with Crippen LogP contribution in [0.15, 0.2) is 34.3 Å². The van der Waals surface area contributed by atoms with Crippen molar-refractivity contribution in [2.24, 2.45) is 27.7 Å². The minimum atomic E-state index is 0.348. The summed E-state index contributed by atoms with van der Waals surface area (Å²) in [5.41, 5.74) is 2.35. The summed E-state index contributed by atoms with van der Waals surface area (Å²) in [6.45, 7) is 7.64. The van der Waals surface area contributed by atoms with Crippen molar-refractivity contribution < 1.29 is 4.74 Å². The van der Waals surface area contributed by atoms with Gasteiger partial charge in [-0.2, -0.15) is 0 Å². The Morgan fingerprint density at radius 2 is 1.93 bits per heavy atom. The quantitative estimate of drug-likeness (QED) is 0.809. The van der Waals surface area contributed by atoms with Crippen molar-refractivity contribution in [3.8, 4) is 0 Å². The Balaban J connectivity index is 1.18. The second-order valence-corrected chi connectivity index (χ2v) is 9.57. The van der Waals surface area contributed by atoms with Crippen molar-refractivity contribution in [1.82, 2.24) is 4.90 Å². The first-order valence-electron chi connectivity index (χ1n) is 11.7. The molecular weight excluding hydrogens is 374 g/mol. The van der Waals surface area contributed by atoms with Crippen LogP contribution in [0.25, 0.3) is 0 Å². The molecule has 0 amide bonds. The first kappa shape index (κ1) is 20.0. The predicted molar refractivity (Wildman–Crippen MR) is 124 cm³/mol. The molecule has 3 heterocycles. The van der Waals surface area contributed by atoms with Crippen molar-refractivity contribution in [2.75, 3.05) is 50.1 Å². The van der Waals surface area contributed by atoms with E-state index in [1.54, 1.807) is 0 Å². The van der Waals surface area contributed by atoms with Gasteiger partial charge in [-0.25, -0.2) is 9.98 Å². The number of hydrogen-bond donors (Lipinski definition) is 1. The van der Waals surface area contributed by atoms with E-state index in [9.17, 15) is 0 Å². The Kier molecular flexibility index (Phi) is 5.79. The van der Waals surface area contributed by atoms with Crippen molar-refractivity contribution in [1.29, 1.82) is 0 Å². The molecule has 1 aromatic rings. The molecule has 1 aromatic carbocycles. The molecule has 1 aliphatic carbocycles. The summed E-state index contributed by atoms with van der Waals surface area (Å²) in [7, 11) is 2.19. The molecule has 1 saturated carbocycles. The van der Waals surface area contributed by atoms with Gasteiger partial charge in [-0.15, -0.1) is 0 Å². The third kappa shape index (κ3) is 4.54. The Morgan fingerprint density at radius 3 is 2.67 bits per heavy atom. The Bertz CT molecular complexity index is 777. The minimum Gasteiger partial charge on any atom is -0.378 e. The number of anilines is 2. The zero-order chi connectivity index (χ0) is 20.5. The molecule has 0 radical (unpaired) electrons. The second-order valence-electron chi connectivity index (χ2n) is 9.57. The van der Waals surface area contributed by atoms with Crippen LogP contribution >= 0.6 is 0 Å². The van der Waals surface area contributed by atoms with E-state index in [4.69, 9.17) is 9.73 Å². The molecular formula is C24H35N5O. The highest BCUT2D eigenvalue weighted by atomic mass is 16.5. The minimum absolute atomic E-state index is 0.348. The van der Waals surface area contributed by atoms with Gasteiger partial charge >= 0.3 is 0 Å². The lowest BCUT2D eigenvalue weighted by molar-refractivity contribution is 0.0976. The average Bonchev–Trinajstić information content (AvgIpc) is 3.31. The summed E-state index contributed by atoms with van der Waals surface area (Å²) in [6, 6.07) is 9.06. The van der Waals surface area contributed by atoms with Crippen LogP contribution in [0, 0.1) is 17.8 Å². The van der Waals surface area contributed by atoms with Gasteiger partial charge in [-0.3, -0.25) is 0 Å². The van der Waals surface area contributed by atoms with Gasteiger partial charge in [0.2, 0.25) is 5.96 Å².